The number of nitrogens with one attached hydrogen (secondary N) is 4. The molecule has 53 heavy (non-hydrogen) atoms. The van der Waals surface area contributed by atoms with Gasteiger partial charge in [-0.15, -0.1) is 0 Å². The van der Waals surface area contributed by atoms with E-state index in [2.05, 4.69) is 51.0 Å². The van der Waals surface area contributed by atoms with Gasteiger partial charge in [0.05, 0.1) is 12.8 Å². The quantitative estimate of drug-likeness (QED) is 0.155. The average Bonchev–Trinajstić information content (AvgIpc) is 3.12. The van der Waals surface area contributed by atoms with Crippen molar-refractivity contribution in [1.29, 1.82) is 0 Å². The van der Waals surface area contributed by atoms with Crippen molar-refractivity contribution >= 4 is 56.5 Å². The minimum Gasteiger partial charge on any atom is -0.374 e. The lowest BCUT2D eigenvalue weighted by Crippen LogP contribution is -2.47. The first-order chi connectivity index (χ1) is 25.2. The van der Waals surface area contributed by atoms with Crippen LogP contribution in [0.5, 0.6) is 0 Å². The number of carbonyl (C=O) groups excluding carboxylic acids is 2. The molecule has 0 spiro atoms. The summed E-state index contributed by atoms with van der Waals surface area (Å²) in [6.45, 7) is 3.65. The zero-order chi connectivity index (χ0) is 37.8. The van der Waals surface area contributed by atoms with Gasteiger partial charge >= 0.3 is 6.18 Å². The van der Waals surface area contributed by atoms with E-state index in [1.807, 2.05) is 36.4 Å². The number of sulfonamides is 1. The standard InChI is InChI=1S/C34H38F3N11O4S/c1-46(53(2,51)52)31-28(38-12-13-39-31)20-40-30-26(34(35,36)37)19-41-33(45-30)43-23-6-8-25(9-7-23)48-16-14-47(15-17-48)21-22-4-3-5-24(18-22)42-27-10-11-29(49)44-32(27)50/h3-9,12-13,18-19,27,42H,10-11,14-17,20-21H2,1-2H3,(H,44,49,50)(H2,40,41,43,45). The lowest BCUT2D eigenvalue weighted by molar-refractivity contribution is -0.137. The molecule has 2 saturated heterocycles. The number of hydrogen-bond donors (Lipinski definition) is 4. The van der Waals surface area contributed by atoms with Crippen LogP contribution >= 0.6 is 0 Å². The summed E-state index contributed by atoms with van der Waals surface area (Å²) in [5, 5.41) is 11.2. The fourth-order valence-electron chi connectivity index (χ4n) is 5.95. The van der Waals surface area contributed by atoms with Gasteiger partial charge in [0.15, 0.2) is 5.82 Å². The van der Waals surface area contributed by atoms with Crippen LogP contribution in [0.3, 0.4) is 0 Å². The summed E-state index contributed by atoms with van der Waals surface area (Å²) in [4.78, 5) is 44.3. The number of nitrogens with zero attached hydrogens (tertiary/aromatic N) is 7. The van der Waals surface area contributed by atoms with Crippen LogP contribution in [0.4, 0.5) is 47.8 Å². The summed E-state index contributed by atoms with van der Waals surface area (Å²) >= 11 is 0. The highest BCUT2D eigenvalue weighted by Crippen LogP contribution is 2.35. The van der Waals surface area contributed by atoms with Crippen LogP contribution in [0.15, 0.2) is 67.1 Å². The molecule has 2 aliphatic heterocycles. The Labute approximate surface area is 304 Å². The van der Waals surface area contributed by atoms with E-state index in [0.29, 0.717) is 24.7 Å². The third kappa shape index (κ3) is 9.46. The van der Waals surface area contributed by atoms with E-state index >= 15 is 0 Å². The highest BCUT2D eigenvalue weighted by atomic mass is 32.2. The topological polar surface area (TPSA) is 178 Å². The van der Waals surface area contributed by atoms with Gasteiger partial charge < -0.3 is 20.9 Å². The molecule has 0 radical (unpaired) electrons. The Morgan fingerprint density at radius 1 is 0.981 bits per heavy atom. The number of piperidine rings is 1. The third-order valence-electron chi connectivity index (χ3n) is 8.84. The van der Waals surface area contributed by atoms with E-state index < -0.39 is 33.6 Å². The average molecular weight is 754 g/mol. The maximum atomic E-state index is 13.9. The van der Waals surface area contributed by atoms with Gasteiger partial charge in [-0.2, -0.15) is 18.2 Å². The number of anilines is 6. The molecule has 6 rings (SSSR count). The molecule has 1 atom stereocenters. The van der Waals surface area contributed by atoms with Crippen LogP contribution in [0.2, 0.25) is 0 Å². The smallest absolute Gasteiger partial charge is 0.374 e. The van der Waals surface area contributed by atoms with Crippen molar-refractivity contribution in [1.82, 2.24) is 30.2 Å². The second kappa shape index (κ2) is 15.6. The molecule has 4 heterocycles. The Balaban J connectivity index is 1.05. The van der Waals surface area contributed by atoms with Crippen molar-refractivity contribution in [2.75, 3.05) is 64.6 Å². The van der Waals surface area contributed by atoms with E-state index in [0.717, 1.165) is 60.2 Å². The maximum Gasteiger partial charge on any atom is 0.421 e. The Bertz CT molecular complexity index is 2060. The van der Waals surface area contributed by atoms with Crippen molar-refractivity contribution in [3.63, 3.8) is 0 Å². The number of alkyl halides is 3. The van der Waals surface area contributed by atoms with Gasteiger partial charge in [0.25, 0.3) is 0 Å². The number of piperazine rings is 1. The van der Waals surface area contributed by atoms with E-state index in [1.54, 1.807) is 12.1 Å². The predicted octanol–water partition coefficient (Wildman–Crippen LogP) is 3.58. The predicted molar refractivity (Wildman–Crippen MR) is 193 cm³/mol. The highest BCUT2D eigenvalue weighted by molar-refractivity contribution is 7.92. The summed E-state index contributed by atoms with van der Waals surface area (Å²) in [6, 6.07) is 14.9. The molecule has 0 bridgehead atoms. The van der Waals surface area contributed by atoms with Gasteiger partial charge in [0, 0.05) is 81.8 Å². The van der Waals surface area contributed by atoms with Crippen molar-refractivity contribution in [2.45, 2.75) is 38.1 Å². The van der Waals surface area contributed by atoms with Crippen molar-refractivity contribution in [3.8, 4) is 0 Å². The first kappa shape index (κ1) is 37.2. The molecular weight excluding hydrogens is 716 g/mol. The minimum atomic E-state index is -4.76. The van der Waals surface area contributed by atoms with Crippen LogP contribution in [-0.4, -0.2) is 90.6 Å². The van der Waals surface area contributed by atoms with E-state index in [-0.39, 0.29) is 35.8 Å². The van der Waals surface area contributed by atoms with Crippen LogP contribution < -0.4 is 30.5 Å². The number of halogens is 3. The molecule has 4 aromatic rings. The largest absolute Gasteiger partial charge is 0.421 e. The highest BCUT2D eigenvalue weighted by Gasteiger charge is 2.35. The second-order valence-corrected chi connectivity index (χ2v) is 14.7. The molecule has 1 unspecified atom stereocenters. The van der Waals surface area contributed by atoms with Gasteiger partial charge in [-0.3, -0.25) is 29.1 Å². The lowest BCUT2D eigenvalue weighted by atomic mass is 10.1. The fourth-order valence-corrected chi connectivity index (χ4v) is 6.42. The van der Waals surface area contributed by atoms with Crippen molar-refractivity contribution < 1.29 is 31.2 Å². The van der Waals surface area contributed by atoms with Crippen molar-refractivity contribution in [2.24, 2.45) is 0 Å². The van der Waals surface area contributed by atoms with Gasteiger partial charge in [0.2, 0.25) is 27.8 Å². The number of carbonyl (C=O) groups is 2. The number of hydrogen-bond acceptors (Lipinski definition) is 13. The van der Waals surface area contributed by atoms with Crippen LogP contribution in [0.25, 0.3) is 0 Å². The number of amides is 2. The molecular formula is C34H38F3N11O4S. The molecule has 2 amide bonds. The Kier molecular flexibility index (Phi) is 10.9. The molecule has 280 valence electrons. The third-order valence-corrected chi connectivity index (χ3v) is 10.0. The summed E-state index contributed by atoms with van der Waals surface area (Å²) < 4.78 is 66.7. The Morgan fingerprint density at radius 2 is 1.72 bits per heavy atom. The molecule has 4 N–H and O–H groups in total. The van der Waals surface area contributed by atoms with E-state index in [4.69, 9.17) is 0 Å². The number of aromatic nitrogens is 4. The zero-order valence-corrected chi connectivity index (χ0v) is 29.7. The minimum absolute atomic E-state index is 0.0312. The van der Waals surface area contributed by atoms with Crippen LogP contribution in [-0.2, 0) is 38.9 Å². The van der Waals surface area contributed by atoms with Gasteiger partial charge in [0.1, 0.15) is 23.1 Å². The lowest BCUT2D eigenvalue weighted by Gasteiger charge is -2.36. The molecule has 2 aromatic heterocycles. The van der Waals surface area contributed by atoms with Gasteiger partial charge in [-0.25, -0.2) is 18.4 Å². The van der Waals surface area contributed by atoms with Gasteiger partial charge in [-0.05, 0) is 48.4 Å². The molecule has 15 nitrogen and oxygen atoms in total. The number of imide groups is 1. The molecule has 0 saturated carbocycles. The molecule has 0 aliphatic carbocycles. The number of benzene rings is 2. The molecule has 19 heteroatoms. The molecule has 2 aliphatic rings. The zero-order valence-electron chi connectivity index (χ0n) is 28.9. The SMILES string of the molecule is CN(c1nccnc1CNc1nc(Nc2ccc(N3CCN(Cc4cccc(NC5CCC(=O)NC5=O)c4)CC3)cc2)ncc1C(F)(F)F)S(C)(=O)=O. The number of rotatable bonds is 12. The fraction of sp³-hybridized carbons (Fsp3) is 0.353. The maximum absolute atomic E-state index is 13.9. The van der Waals surface area contributed by atoms with Gasteiger partial charge in [-0.1, -0.05) is 12.1 Å². The Morgan fingerprint density at radius 3 is 2.42 bits per heavy atom. The molecule has 2 aromatic carbocycles. The first-order valence-electron chi connectivity index (χ1n) is 16.7. The van der Waals surface area contributed by atoms with E-state index in [1.165, 1.54) is 19.4 Å². The first-order valence-corrected chi connectivity index (χ1v) is 18.5. The van der Waals surface area contributed by atoms with Crippen LogP contribution in [0.1, 0.15) is 29.7 Å². The Hall–Kier alpha value is -5.56. The van der Waals surface area contributed by atoms with Crippen molar-refractivity contribution in [3.05, 3.63) is 83.9 Å². The van der Waals surface area contributed by atoms with Crippen LogP contribution in [0, 0.1) is 0 Å². The summed E-state index contributed by atoms with van der Waals surface area (Å²) in [5.41, 5.74) is 2.49. The summed E-state index contributed by atoms with van der Waals surface area (Å²) in [6.07, 6.45) is 0.253. The normalized spacial score (nSPS) is 16.9. The van der Waals surface area contributed by atoms with E-state index in [9.17, 15) is 31.2 Å². The second-order valence-electron chi connectivity index (χ2n) is 12.6. The summed E-state index contributed by atoms with van der Waals surface area (Å²) in [7, 11) is -2.43. The summed E-state index contributed by atoms with van der Waals surface area (Å²) in [5.74, 6) is -1.18. The monoisotopic (exact) mass is 753 g/mol. The molecule has 2 fully saturated rings.